The summed E-state index contributed by atoms with van der Waals surface area (Å²) in [5.41, 5.74) is 0. The Labute approximate surface area is 92.8 Å². The van der Waals surface area contributed by atoms with Crippen LogP contribution in [-0.4, -0.2) is 34.8 Å². The van der Waals surface area contributed by atoms with Crippen molar-refractivity contribution in [1.29, 1.82) is 0 Å². The van der Waals surface area contributed by atoms with Gasteiger partial charge >= 0.3 is 0 Å². The highest BCUT2D eigenvalue weighted by Crippen LogP contribution is 2.24. The molecule has 0 aromatic carbocycles. The molecule has 1 aromatic heterocycles. The van der Waals surface area contributed by atoms with E-state index in [1.807, 2.05) is 17.8 Å². The van der Waals surface area contributed by atoms with Crippen molar-refractivity contribution in [2.45, 2.75) is 12.5 Å². The van der Waals surface area contributed by atoms with Crippen LogP contribution in [0.4, 0.5) is 5.82 Å². The van der Waals surface area contributed by atoms with Crippen LogP contribution >= 0.6 is 23.4 Å². The van der Waals surface area contributed by atoms with Crippen LogP contribution in [0.3, 0.4) is 0 Å². The Morgan fingerprint density at radius 1 is 1.50 bits per heavy atom. The maximum Gasteiger partial charge on any atom is 0.151 e. The van der Waals surface area contributed by atoms with Gasteiger partial charge in [-0.25, -0.2) is 0 Å². The van der Waals surface area contributed by atoms with Crippen LogP contribution < -0.4 is 4.90 Å². The zero-order valence-corrected chi connectivity index (χ0v) is 9.55. The Bertz CT molecular complexity index is 297. The molecule has 0 aliphatic carbocycles. The molecule has 1 fully saturated rings. The van der Waals surface area contributed by atoms with Crippen molar-refractivity contribution in [3.05, 3.63) is 17.3 Å². The van der Waals surface area contributed by atoms with Crippen LogP contribution in [0.5, 0.6) is 0 Å². The van der Waals surface area contributed by atoms with Gasteiger partial charge in [0.15, 0.2) is 11.0 Å². The van der Waals surface area contributed by atoms with Gasteiger partial charge in [0.05, 0.1) is 0 Å². The lowest BCUT2D eigenvalue weighted by Gasteiger charge is -2.23. The van der Waals surface area contributed by atoms with Crippen LogP contribution in [0.15, 0.2) is 12.1 Å². The van der Waals surface area contributed by atoms with Gasteiger partial charge < -0.3 is 4.90 Å². The van der Waals surface area contributed by atoms with Gasteiger partial charge in [-0.05, 0) is 24.3 Å². The summed E-state index contributed by atoms with van der Waals surface area (Å²) in [4.78, 5) is 2.18. The van der Waals surface area contributed by atoms with E-state index in [2.05, 4.69) is 22.1 Å². The van der Waals surface area contributed by atoms with E-state index in [0.717, 1.165) is 5.82 Å². The molecule has 2 heterocycles. The van der Waals surface area contributed by atoms with Crippen molar-refractivity contribution in [3.63, 3.8) is 0 Å². The van der Waals surface area contributed by atoms with Crippen molar-refractivity contribution in [1.82, 2.24) is 10.2 Å². The van der Waals surface area contributed by atoms with Crippen LogP contribution in [-0.2, 0) is 0 Å². The summed E-state index contributed by atoms with van der Waals surface area (Å²) in [5.74, 6) is 3.33. The molecule has 1 aliphatic heterocycles. The van der Waals surface area contributed by atoms with E-state index in [9.17, 15) is 0 Å². The van der Waals surface area contributed by atoms with E-state index in [1.54, 1.807) is 6.07 Å². The average Bonchev–Trinajstić information content (AvgIpc) is 2.71. The predicted molar refractivity (Wildman–Crippen MR) is 61.2 cm³/mol. The van der Waals surface area contributed by atoms with Crippen molar-refractivity contribution >= 4 is 29.2 Å². The third-order valence-electron chi connectivity index (χ3n) is 2.43. The number of hydrogen-bond acceptors (Lipinski definition) is 4. The first-order valence-corrected chi connectivity index (χ1v) is 6.10. The monoisotopic (exact) mass is 229 g/mol. The van der Waals surface area contributed by atoms with E-state index in [0.29, 0.717) is 11.2 Å². The summed E-state index contributed by atoms with van der Waals surface area (Å²) >= 11 is 7.67. The highest BCUT2D eigenvalue weighted by molar-refractivity contribution is 7.99. The predicted octanol–water partition coefficient (Wildman–Crippen LogP) is 2.07. The van der Waals surface area contributed by atoms with Gasteiger partial charge in [0, 0.05) is 18.8 Å². The molecule has 0 bridgehead atoms. The van der Waals surface area contributed by atoms with Gasteiger partial charge in [-0.3, -0.25) is 0 Å². The molecule has 5 heteroatoms. The molecule has 14 heavy (non-hydrogen) atoms. The SMILES string of the molecule is CN(c1ccc(Cl)nn1)C1CCSC1. The lowest BCUT2D eigenvalue weighted by atomic mass is 10.2. The molecule has 76 valence electrons. The average molecular weight is 230 g/mol. The number of anilines is 1. The van der Waals surface area contributed by atoms with Crippen molar-refractivity contribution in [2.75, 3.05) is 23.5 Å². The minimum absolute atomic E-state index is 0.447. The number of hydrogen-bond donors (Lipinski definition) is 0. The molecule has 1 unspecified atom stereocenters. The molecule has 0 radical (unpaired) electrons. The second-order valence-corrected chi connectivity index (χ2v) is 4.88. The first kappa shape index (κ1) is 10.1. The second-order valence-electron chi connectivity index (χ2n) is 3.34. The Hall–Kier alpha value is -0.480. The summed E-state index contributed by atoms with van der Waals surface area (Å²) in [5, 5.41) is 8.34. The topological polar surface area (TPSA) is 29.0 Å². The fourth-order valence-electron chi connectivity index (χ4n) is 1.51. The Morgan fingerprint density at radius 3 is 2.93 bits per heavy atom. The maximum atomic E-state index is 5.68. The zero-order chi connectivity index (χ0) is 9.97. The smallest absolute Gasteiger partial charge is 0.151 e. The number of rotatable bonds is 2. The summed E-state index contributed by atoms with van der Waals surface area (Å²) in [7, 11) is 2.06. The molecular formula is C9H12ClN3S. The normalized spacial score (nSPS) is 21.1. The third kappa shape index (κ3) is 2.12. The molecule has 0 N–H and O–H groups in total. The standard InChI is InChI=1S/C9H12ClN3S/c1-13(7-4-5-14-6-7)9-3-2-8(10)11-12-9/h2-3,7H,4-6H2,1H3. The van der Waals surface area contributed by atoms with Gasteiger partial charge in [0.1, 0.15) is 0 Å². The van der Waals surface area contributed by atoms with Crippen molar-refractivity contribution < 1.29 is 0 Å². The summed E-state index contributed by atoms with van der Waals surface area (Å²) in [6, 6.07) is 4.29. The number of aromatic nitrogens is 2. The second kappa shape index (κ2) is 4.36. The van der Waals surface area contributed by atoms with Crippen LogP contribution in [0.2, 0.25) is 5.15 Å². The Morgan fingerprint density at radius 2 is 2.36 bits per heavy atom. The first-order chi connectivity index (χ1) is 6.77. The zero-order valence-electron chi connectivity index (χ0n) is 7.98. The van der Waals surface area contributed by atoms with E-state index < -0.39 is 0 Å². The molecule has 1 aromatic rings. The fraction of sp³-hybridized carbons (Fsp3) is 0.556. The van der Waals surface area contributed by atoms with E-state index >= 15 is 0 Å². The van der Waals surface area contributed by atoms with Crippen LogP contribution in [0.25, 0.3) is 0 Å². The maximum absolute atomic E-state index is 5.68. The third-order valence-corrected chi connectivity index (χ3v) is 3.78. The molecule has 2 rings (SSSR count). The Balaban J connectivity index is 2.09. The minimum atomic E-state index is 0.447. The molecular weight excluding hydrogens is 218 g/mol. The molecule has 1 aliphatic rings. The van der Waals surface area contributed by atoms with Crippen LogP contribution in [0, 0.1) is 0 Å². The van der Waals surface area contributed by atoms with E-state index in [-0.39, 0.29) is 0 Å². The van der Waals surface area contributed by atoms with Crippen LogP contribution in [0.1, 0.15) is 6.42 Å². The van der Waals surface area contributed by atoms with E-state index in [1.165, 1.54) is 17.9 Å². The summed E-state index contributed by atoms with van der Waals surface area (Å²) in [6.07, 6.45) is 1.23. The highest BCUT2D eigenvalue weighted by Gasteiger charge is 2.21. The van der Waals surface area contributed by atoms with Crippen molar-refractivity contribution in [3.8, 4) is 0 Å². The van der Waals surface area contributed by atoms with E-state index in [4.69, 9.17) is 11.6 Å². The minimum Gasteiger partial charge on any atom is -0.354 e. The molecule has 1 saturated heterocycles. The number of thioether (sulfide) groups is 1. The molecule has 0 amide bonds. The van der Waals surface area contributed by atoms with Gasteiger partial charge in [-0.1, -0.05) is 11.6 Å². The molecule has 0 spiro atoms. The molecule has 3 nitrogen and oxygen atoms in total. The largest absolute Gasteiger partial charge is 0.354 e. The summed E-state index contributed by atoms with van der Waals surface area (Å²) < 4.78 is 0. The fourth-order valence-corrected chi connectivity index (χ4v) is 2.88. The lowest BCUT2D eigenvalue weighted by Crippen LogP contribution is -2.32. The molecule has 1 atom stereocenters. The highest BCUT2D eigenvalue weighted by atomic mass is 35.5. The van der Waals surface area contributed by atoms with Gasteiger partial charge in [0.25, 0.3) is 0 Å². The first-order valence-electron chi connectivity index (χ1n) is 4.57. The van der Waals surface area contributed by atoms with Gasteiger partial charge in [-0.15, -0.1) is 10.2 Å². The molecule has 0 saturated carbocycles. The Kier molecular flexibility index (Phi) is 3.13. The summed E-state index contributed by atoms with van der Waals surface area (Å²) in [6.45, 7) is 0. The van der Waals surface area contributed by atoms with Gasteiger partial charge in [-0.2, -0.15) is 11.8 Å². The number of halogens is 1. The van der Waals surface area contributed by atoms with Gasteiger partial charge in [0.2, 0.25) is 0 Å². The van der Waals surface area contributed by atoms with Crippen molar-refractivity contribution in [2.24, 2.45) is 0 Å². The quantitative estimate of drug-likeness (QED) is 0.777. The number of nitrogens with zero attached hydrogens (tertiary/aromatic N) is 3. The lowest BCUT2D eigenvalue weighted by molar-refractivity contribution is 0.686.